The molecule has 9 atom stereocenters. The van der Waals surface area contributed by atoms with Crippen LogP contribution in [0.25, 0.3) is 0 Å². The van der Waals surface area contributed by atoms with Crippen molar-refractivity contribution in [1.82, 2.24) is 0 Å². The van der Waals surface area contributed by atoms with Gasteiger partial charge in [0, 0.05) is 11.0 Å². The molecule has 2 saturated carbocycles. The van der Waals surface area contributed by atoms with E-state index in [0.29, 0.717) is 12.5 Å². The highest BCUT2D eigenvalue weighted by atomic mass is 16.8. The minimum absolute atomic E-state index is 0.0647. The summed E-state index contributed by atoms with van der Waals surface area (Å²) in [6.07, 6.45) is 2.84. The number of epoxide rings is 3. The third-order valence-corrected chi connectivity index (χ3v) is 9.47. The lowest BCUT2D eigenvalue weighted by Crippen LogP contribution is -2.70. The van der Waals surface area contributed by atoms with Crippen molar-refractivity contribution in [2.45, 2.75) is 101 Å². The molecular formula is C23H30O6. The van der Waals surface area contributed by atoms with Crippen molar-refractivity contribution in [2.24, 2.45) is 17.3 Å². The third-order valence-electron chi connectivity index (χ3n) is 9.47. The number of fused-ring (bicyclic) bond motifs is 4. The maximum absolute atomic E-state index is 12.2. The summed E-state index contributed by atoms with van der Waals surface area (Å²) in [6, 6.07) is 0. The second-order valence-electron chi connectivity index (χ2n) is 11.1. The van der Waals surface area contributed by atoms with Gasteiger partial charge in [0.15, 0.2) is 5.60 Å². The van der Waals surface area contributed by atoms with Crippen molar-refractivity contribution >= 4 is 5.97 Å². The Balaban J connectivity index is 1.37. The van der Waals surface area contributed by atoms with Crippen LogP contribution in [0, 0.1) is 17.3 Å². The highest BCUT2D eigenvalue weighted by molar-refractivity contribution is 5.92. The Bertz CT molecular complexity index is 879. The minimum Gasteiger partial charge on any atom is -0.458 e. The van der Waals surface area contributed by atoms with Gasteiger partial charge in [-0.05, 0) is 50.5 Å². The molecule has 0 amide bonds. The zero-order valence-corrected chi connectivity index (χ0v) is 17.8. The first kappa shape index (κ1) is 17.7. The summed E-state index contributed by atoms with van der Waals surface area (Å²) in [5.41, 5.74) is 0.918. The number of esters is 1. The fourth-order valence-corrected chi connectivity index (χ4v) is 8.14. The van der Waals surface area contributed by atoms with Gasteiger partial charge in [0.05, 0.1) is 12.2 Å². The molecular weight excluding hydrogens is 372 g/mol. The first-order chi connectivity index (χ1) is 13.7. The SMILES string of the molecule is CC(C)OC1C2(C(C)C)OC2C2OC23C2(C)CCC4=C(COC4=O)C2CC2OC213. The van der Waals surface area contributed by atoms with Gasteiger partial charge in [-0.1, -0.05) is 20.8 Å². The van der Waals surface area contributed by atoms with Crippen LogP contribution in [0.3, 0.4) is 0 Å². The monoisotopic (exact) mass is 402 g/mol. The summed E-state index contributed by atoms with van der Waals surface area (Å²) in [5.74, 6) is 0.494. The first-order valence-electron chi connectivity index (χ1n) is 11.3. The quantitative estimate of drug-likeness (QED) is 0.534. The molecule has 2 spiro atoms. The van der Waals surface area contributed by atoms with Gasteiger partial charge < -0.3 is 23.7 Å². The topological polar surface area (TPSA) is 73.1 Å². The maximum Gasteiger partial charge on any atom is 0.334 e. The van der Waals surface area contributed by atoms with Gasteiger partial charge in [-0.3, -0.25) is 0 Å². The largest absolute Gasteiger partial charge is 0.458 e. The van der Waals surface area contributed by atoms with Crippen molar-refractivity contribution < 1.29 is 28.5 Å². The normalized spacial score (nSPS) is 58.0. The molecule has 0 N–H and O–H groups in total. The van der Waals surface area contributed by atoms with Crippen LogP contribution in [0.5, 0.6) is 0 Å². The van der Waals surface area contributed by atoms with Crippen molar-refractivity contribution in [3.63, 3.8) is 0 Å². The molecule has 0 aromatic heterocycles. The maximum atomic E-state index is 12.2. The number of hydrogen-bond donors (Lipinski definition) is 0. The van der Waals surface area contributed by atoms with Crippen LogP contribution in [0.15, 0.2) is 11.1 Å². The molecule has 4 heterocycles. The van der Waals surface area contributed by atoms with Crippen LogP contribution in [0.4, 0.5) is 0 Å². The Morgan fingerprint density at radius 3 is 2.62 bits per heavy atom. The lowest BCUT2D eigenvalue weighted by atomic mass is 9.46. The Hall–Kier alpha value is -0.950. The molecule has 0 bridgehead atoms. The fourth-order valence-electron chi connectivity index (χ4n) is 8.14. The van der Waals surface area contributed by atoms with Crippen molar-refractivity contribution in [1.29, 1.82) is 0 Å². The van der Waals surface area contributed by atoms with Gasteiger partial charge >= 0.3 is 5.97 Å². The lowest BCUT2D eigenvalue weighted by molar-refractivity contribution is -0.141. The molecule has 3 aliphatic carbocycles. The third kappa shape index (κ3) is 1.60. The van der Waals surface area contributed by atoms with Gasteiger partial charge in [0.25, 0.3) is 0 Å². The van der Waals surface area contributed by atoms with Gasteiger partial charge in [0.2, 0.25) is 0 Å². The molecule has 0 aromatic rings. The Kier molecular flexibility index (Phi) is 2.91. The van der Waals surface area contributed by atoms with Crippen LogP contribution in [-0.2, 0) is 28.5 Å². The number of carbonyl (C=O) groups is 1. The average Bonchev–Trinajstić information content (AvgIpc) is 3.53. The molecule has 0 aromatic carbocycles. The van der Waals surface area contributed by atoms with E-state index >= 15 is 0 Å². The Morgan fingerprint density at radius 2 is 1.90 bits per heavy atom. The zero-order chi connectivity index (χ0) is 20.1. The summed E-state index contributed by atoms with van der Waals surface area (Å²) in [4.78, 5) is 12.2. The predicted molar refractivity (Wildman–Crippen MR) is 101 cm³/mol. The lowest BCUT2D eigenvalue weighted by Gasteiger charge is -2.54. The van der Waals surface area contributed by atoms with E-state index in [4.69, 9.17) is 23.7 Å². The minimum atomic E-state index is -0.425. The second kappa shape index (κ2) is 4.77. The van der Waals surface area contributed by atoms with E-state index in [1.165, 1.54) is 5.57 Å². The second-order valence-corrected chi connectivity index (χ2v) is 11.1. The molecule has 4 aliphatic heterocycles. The summed E-state index contributed by atoms with van der Waals surface area (Å²) < 4.78 is 31.9. The van der Waals surface area contributed by atoms with Gasteiger partial charge in [-0.25, -0.2) is 4.79 Å². The standard InChI is InChI=1S/C23H30O6/c1-10(2)21-16(28-21)17-23(29-17)20(5)7-6-12-13(9-25-18(12)24)14(20)8-15-22(23,27-15)19(21)26-11(3)4/h10-11,14-17,19H,6-9H2,1-5H3. The van der Waals surface area contributed by atoms with E-state index in [2.05, 4.69) is 34.6 Å². The van der Waals surface area contributed by atoms with Crippen LogP contribution < -0.4 is 0 Å². The highest BCUT2D eigenvalue weighted by Crippen LogP contribution is 2.83. The van der Waals surface area contributed by atoms with Crippen LogP contribution in [-0.4, -0.2) is 59.9 Å². The molecule has 6 nitrogen and oxygen atoms in total. The highest BCUT2D eigenvalue weighted by Gasteiger charge is 3.00. The van der Waals surface area contributed by atoms with E-state index < -0.39 is 5.60 Å². The van der Waals surface area contributed by atoms with Crippen molar-refractivity contribution in [2.75, 3.05) is 6.61 Å². The Labute approximate surface area is 171 Å². The molecule has 3 saturated heterocycles. The van der Waals surface area contributed by atoms with Crippen molar-refractivity contribution in [3.05, 3.63) is 11.1 Å². The van der Waals surface area contributed by atoms with Crippen LogP contribution in [0.1, 0.15) is 53.9 Å². The molecule has 158 valence electrons. The number of carbonyl (C=O) groups excluding carboxylic acids is 1. The summed E-state index contributed by atoms with van der Waals surface area (Å²) >= 11 is 0. The molecule has 0 radical (unpaired) electrons. The van der Waals surface area contributed by atoms with E-state index in [1.54, 1.807) is 0 Å². The molecule has 9 unspecified atom stereocenters. The fraction of sp³-hybridized carbons (Fsp3) is 0.870. The smallest absolute Gasteiger partial charge is 0.334 e. The van der Waals surface area contributed by atoms with E-state index in [9.17, 15) is 4.79 Å². The molecule has 7 aliphatic rings. The molecule has 5 fully saturated rings. The van der Waals surface area contributed by atoms with Crippen LogP contribution in [0.2, 0.25) is 0 Å². The summed E-state index contributed by atoms with van der Waals surface area (Å²) in [7, 11) is 0. The van der Waals surface area contributed by atoms with Gasteiger partial charge in [-0.2, -0.15) is 0 Å². The zero-order valence-electron chi connectivity index (χ0n) is 17.8. The average molecular weight is 402 g/mol. The van der Waals surface area contributed by atoms with Gasteiger partial charge in [0.1, 0.15) is 36.1 Å². The van der Waals surface area contributed by atoms with E-state index in [-0.39, 0.29) is 59.0 Å². The predicted octanol–water partition coefficient (Wildman–Crippen LogP) is 2.54. The number of rotatable bonds is 3. The summed E-state index contributed by atoms with van der Waals surface area (Å²) in [6.45, 7) is 11.5. The van der Waals surface area contributed by atoms with Crippen LogP contribution >= 0.6 is 0 Å². The van der Waals surface area contributed by atoms with Gasteiger partial charge in [-0.15, -0.1) is 0 Å². The number of hydrogen-bond acceptors (Lipinski definition) is 6. The first-order valence-corrected chi connectivity index (χ1v) is 11.3. The van der Waals surface area contributed by atoms with E-state index in [1.807, 2.05) is 0 Å². The molecule has 7 rings (SSSR count). The molecule has 6 heteroatoms. The van der Waals surface area contributed by atoms with Crippen molar-refractivity contribution in [3.8, 4) is 0 Å². The number of ether oxygens (including phenoxy) is 5. The summed E-state index contributed by atoms with van der Waals surface area (Å²) in [5, 5.41) is 0. The Morgan fingerprint density at radius 1 is 1.10 bits per heavy atom. The molecule has 29 heavy (non-hydrogen) atoms. The number of cyclic esters (lactones) is 1. The van der Waals surface area contributed by atoms with E-state index in [0.717, 1.165) is 24.8 Å².